The number of nitrogens with zero attached hydrogens (tertiary/aromatic N) is 1. The average Bonchev–Trinajstić information content (AvgIpc) is 2.21. The molecule has 5 heteroatoms. The number of rotatable bonds is 7. The zero-order valence-corrected chi connectivity index (χ0v) is 11.2. The first kappa shape index (κ1) is 15.8. The summed E-state index contributed by atoms with van der Waals surface area (Å²) in [7, 11) is 0. The number of aliphatic hydroxyl groups is 1. The van der Waals surface area contributed by atoms with Crippen molar-refractivity contribution in [3.63, 3.8) is 0 Å². The van der Waals surface area contributed by atoms with E-state index in [2.05, 4.69) is 13.8 Å². The van der Waals surface area contributed by atoms with Crippen molar-refractivity contribution >= 4 is 0 Å². The molecule has 0 amide bonds. The molecule has 0 saturated carbocycles. The Labute approximate surface area is 107 Å². The molecule has 1 aliphatic rings. The molecular weight excluding hydrogens is 243 g/mol. The van der Waals surface area contributed by atoms with Crippen LogP contribution in [-0.2, 0) is 0 Å². The summed E-state index contributed by atoms with van der Waals surface area (Å²) in [6.45, 7) is 5.45. The molecule has 2 nitrogen and oxygen atoms in total. The van der Waals surface area contributed by atoms with Crippen LogP contribution in [0.25, 0.3) is 0 Å². The largest absolute Gasteiger partial charge is 0.415 e. The van der Waals surface area contributed by atoms with Gasteiger partial charge in [0.05, 0.1) is 0 Å². The Morgan fingerprint density at radius 3 is 2.39 bits per heavy atom. The van der Waals surface area contributed by atoms with E-state index >= 15 is 0 Å². The molecule has 1 fully saturated rings. The third-order valence-electron chi connectivity index (χ3n) is 3.86. The number of β-amino-alcohol motifs (C(OH)–C–C–N with tert-alkyl or cyclic N) is 1. The maximum absolute atomic E-state index is 12.2. The van der Waals surface area contributed by atoms with Crippen molar-refractivity contribution in [1.82, 2.24) is 4.90 Å². The van der Waals surface area contributed by atoms with Gasteiger partial charge in [0.2, 0.25) is 0 Å². The molecule has 0 aromatic rings. The Balaban J connectivity index is 2.15. The fraction of sp³-hybridized carbons (Fsp3) is 1.00. The molecule has 1 rings (SSSR count). The number of aliphatic hydroxyl groups excluding tert-OH is 1. The van der Waals surface area contributed by atoms with E-state index in [1.165, 1.54) is 19.3 Å². The van der Waals surface area contributed by atoms with Crippen LogP contribution in [0.4, 0.5) is 13.2 Å². The number of hydrogen-bond donors (Lipinski definition) is 1. The Morgan fingerprint density at radius 1 is 1.28 bits per heavy atom. The molecule has 0 spiro atoms. The highest BCUT2D eigenvalue weighted by Crippen LogP contribution is 2.29. The molecule has 1 aliphatic heterocycles. The zero-order chi connectivity index (χ0) is 13.8. The predicted octanol–water partition coefficient (Wildman–Crippen LogP) is 3.06. The van der Waals surface area contributed by atoms with E-state index in [-0.39, 0.29) is 6.54 Å². The van der Waals surface area contributed by atoms with Gasteiger partial charge in [-0.25, -0.2) is 0 Å². The lowest BCUT2D eigenvalue weighted by Crippen LogP contribution is -2.54. The summed E-state index contributed by atoms with van der Waals surface area (Å²) in [6.07, 6.45) is -1.89. The molecule has 1 saturated heterocycles. The summed E-state index contributed by atoms with van der Waals surface area (Å²) in [5.41, 5.74) is 0. The van der Waals surface area contributed by atoms with Gasteiger partial charge in [-0.2, -0.15) is 13.2 Å². The second kappa shape index (κ2) is 6.75. The SMILES string of the molecule is CCCCCC(C)C1CN(C[C@H](O)C(F)(F)F)C1. The average molecular weight is 267 g/mol. The van der Waals surface area contributed by atoms with Gasteiger partial charge in [0.15, 0.2) is 6.10 Å². The molecule has 0 aliphatic carbocycles. The van der Waals surface area contributed by atoms with Gasteiger partial charge in [0.1, 0.15) is 0 Å². The third kappa shape index (κ3) is 4.76. The molecule has 0 aromatic carbocycles. The molecule has 0 aromatic heterocycles. The van der Waals surface area contributed by atoms with Gasteiger partial charge in [-0.05, 0) is 11.8 Å². The van der Waals surface area contributed by atoms with Gasteiger partial charge in [-0.15, -0.1) is 0 Å². The van der Waals surface area contributed by atoms with E-state index in [1.54, 1.807) is 4.90 Å². The number of unbranched alkanes of at least 4 members (excludes halogenated alkanes) is 2. The molecule has 1 N–H and O–H groups in total. The summed E-state index contributed by atoms with van der Waals surface area (Å²) in [6, 6.07) is 0. The minimum absolute atomic E-state index is 0.276. The van der Waals surface area contributed by atoms with E-state index in [9.17, 15) is 13.2 Å². The van der Waals surface area contributed by atoms with Crippen molar-refractivity contribution in [1.29, 1.82) is 0 Å². The lowest BCUT2D eigenvalue weighted by atomic mass is 9.83. The fourth-order valence-electron chi connectivity index (χ4n) is 2.42. The van der Waals surface area contributed by atoms with E-state index in [0.29, 0.717) is 24.9 Å². The summed E-state index contributed by atoms with van der Waals surface area (Å²) < 4.78 is 36.5. The second-order valence-electron chi connectivity index (χ2n) is 5.51. The summed E-state index contributed by atoms with van der Waals surface area (Å²) in [4.78, 5) is 1.69. The molecule has 0 bridgehead atoms. The molecule has 2 atom stereocenters. The van der Waals surface area contributed by atoms with Crippen LogP contribution in [-0.4, -0.2) is 41.9 Å². The van der Waals surface area contributed by atoms with Crippen LogP contribution in [0.3, 0.4) is 0 Å². The Kier molecular flexibility index (Phi) is 5.92. The first-order chi connectivity index (χ1) is 8.34. The predicted molar refractivity (Wildman–Crippen MR) is 65.3 cm³/mol. The van der Waals surface area contributed by atoms with Crippen LogP contribution in [0.1, 0.15) is 39.5 Å². The molecule has 1 unspecified atom stereocenters. The van der Waals surface area contributed by atoms with Crippen LogP contribution in [0.2, 0.25) is 0 Å². The van der Waals surface area contributed by atoms with Crippen molar-refractivity contribution in [2.75, 3.05) is 19.6 Å². The fourth-order valence-corrected chi connectivity index (χ4v) is 2.42. The molecule has 0 radical (unpaired) electrons. The Bertz CT molecular complexity index is 239. The topological polar surface area (TPSA) is 23.5 Å². The van der Waals surface area contributed by atoms with E-state index in [4.69, 9.17) is 5.11 Å². The zero-order valence-electron chi connectivity index (χ0n) is 11.2. The highest BCUT2D eigenvalue weighted by atomic mass is 19.4. The Morgan fingerprint density at radius 2 is 1.89 bits per heavy atom. The van der Waals surface area contributed by atoms with E-state index in [1.807, 2.05) is 0 Å². The first-order valence-electron chi connectivity index (χ1n) is 6.81. The van der Waals surface area contributed by atoms with Crippen LogP contribution in [0.5, 0.6) is 0 Å². The molecule has 108 valence electrons. The summed E-state index contributed by atoms with van der Waals surface area (Å²) in [5, 5.41) is 8.95. The highest BCUT2D eigenvalue weighted by Gasteiger charge is 2.41. The van der Waals surface area contributed by atoms with Crippen LogP contribution >= 0.6 is 0 Å². The molecule has 1 heterocycles. The smallest absolute Gasteiger partial charge is 0.382 e. The van der Waals surface area contributed by atoms with Gasteiger partial charge in [0, 0.05) is 19.6 Å². The minimum atomic E-state index is -4.49. The van der Waals surface area contributed by atoms with Gasteiger partial charge in [0.25, 0.3) is 0 Å². The van der Waals surface area contributed by atoms with Crippen molar-refractivity contribution in [3.8, 4) is 0 Å². The lowest BCUT2D eigenvalue weighted by molar-refractivity contribution is -0.212. The van der Waals surface area contributed by atoms with Gasteiger partial charge in [-0.1, -0.05) is 39.5 Å². The maximum Gasteiger partial charge on any atom is 0.415 e. The number of halogens is 3. The maximum atomic E-state index is 12.2. The summed E-state index contributed by atoms with van der Waals surface area (Å²) in [5.74, 6) is 1.08. The van der Waals surface area contributed by atoms with Crippen molar-refractivity contribution in [2.45, 2.75) is 51.8 Å². The van der Waals surface area contributed by atoms with Crippen LogP contribution < -0.4 is 0 Å². The van der Waals surface area contributed by atoms with Crippen molar-refractivity contribution < 1.29 is 18.3 Å². The van der Waals surface area contributed by atoms with Gasteiger partial charge < -0.3 is 5.11 Å². The highest BCUT2D eigenvalue weighted by molar-refractivity contribution is 4.85. The third-order valence-corrected chi connectivity index (χ3v) is 3.86. The van der Waals surface area contributed by atoms with Gasteiger partial charge in [-0.3, -0.25) is 4.90 Å². The quantitative estimate of drug-likeness (QED) is 0.717. The number of alkyl halides is 3. The monoisotopic (exact) mass is 267 g/mol. The van der Waals surface area contributed by atoms with Crippen LogP contribution in [0.15, 0.2) is 0 Å². The number of hydrogen-bond acceptors (Lipinski definition) is 2. The van der Waals surface area contributed by atoms with E-state index < -0.39 is 12.3 Å². The van der Waals surface area contributed by atoms with Gasteiger partial charge >= 0.3 is 6.18 Å². The minimum Gasteiger partial charge on any atom is -0.382 e. The summed E-state index contributed by atoms with van der Waals surface area (Å²) >= 11 is 0. The standard InChI is InChI=1S/C13H24F3NO/c1-3-4-5-6-10(2)11-7-17(8-11)9-12(18)13(14,15)16/h10-12,18H,3-9H2,1-2H3/t10?,12-/m0/s1. The molecule has 18 heavy (non-hydrogen) atoms. The molecular formula is C13H24F3NO. The second-order valence-corrected chi connectivity index (χ2v) is 5.51. The van der Waals surface area contributed by atoms with Crippen LogP contribution in [0, 0.1) is 11.8 Å². The first-order valence-corrected chi connectivity index (χ1v) is 6.81. The number of likely N-dealkylation sites (tertiary alicyclic amines) is 1. The lowest BCUT2D eigenvalue weighted by Gasteiger charge is -2.43. The normalized spacial score (nSPS) is 21.7. The van der Waals surface area contributed by atoms with E-state index in [0.717, 1.165) is 6.42 Å². The van der Waals surface area contributed by atoms with Crippen molar-refractivity contribution in [2.24, 2.45) is 11.8 Å². The Hall–Kier alpha value is -0.290. The van der Waals surface area contributed by atoms with Crippen molar-refractivity contribution in [3.05, 3.63) is 0 Å².